The van der Waals surface area contributed by atoms with Crippen LogP contribution >= 0.6 is 0 Å². The third-order valence-corrected chi connectivity index (χ3v) is 4.55. The molecule has 0 aliphatic rings. The van der Waals surface area contributed by atoms with E-state index in [4.69, 9.17) is 4.74 Å². The number of ketones is 1. The van der Waals surface area contributed by atoms with Gasteiger partial charge in [-0.3, -0.25) is 4.79 Å². The third kappa shape index (κ3) is 7.04. The fraction of sp³-hybridized carbons (Fsp3) is 0.550. The fourth-order valence-corrected chi connectivity index (χ4v) is 2.45. The lowest BCUT2D eigenvalue weighted by atomic mass is 10.1. The Morgan fingerprint density at radius 3 is 1.40 bits per heavy atom. The molecular formula is C20H14F14O6. The molecule has 0 spiro atoms. The number of rotatable bonds is 11. The summed E-state index contributed by atoms with van der Waals surface area (Å²) < 4.78 is 190. The largest absolute Gasteiger partial charge is 0.460 e. The summed E-state index contributed by atoms with van der Waals surface area (Å²) in [7, 11) is 0. The SMILES string of the molecule is CC(CC(=O)c1ccc(OC(C)OC(=O)C(F)(F)C(F)(F)C(F)(F)F)cc1)OC(=O)C(F)(F)C(F)(F)C(F)(F)F. The van der Waals surface area contributed by atoms with Crippen molar-refractivity contribution < 1.29 is 90.1 Å². The summed E-state index contributed by atoms with van der Waals surface area (Å²) in [5.74, 6) is -34.4. The Labute approximate surface area is 213 Å². The Kier molecular flexibility index (Phi) is 9.76. The summed E-state index contributed by atoms with van der Waals surface area (Å²) in [5.41, 5.74) is -0.372. The average molecular weight is 616 g/mol. The number of hydrogen-bond acceptors (Lipinski definition) is 6. The van der Waals surface area contributed by atoms with E-state index in [1.807, 2.05) is 0 Å². The van der Waals surface area contributed by atoms with Crippen molar-refractivity contribution in [2.45, 2.75) is 68.7 Å². The average Bonchev–Trinajstić information content (AvgIpc) is 2.77. The van der Waals surface area contributed by atoms with Gasteiger partial charge in [0.25, 0.3) is 0 Å². The van der Waals surface area contributed by atoms with Crippen molar-refractivity contribution in [3.8, 4) is 5.75 Å². The van der Waals surface area contributed by atoms with E-state index in [-0.39, 0.29) is 5.56 Å². The van der Waals surface area contributed by atoms with Crippen molar-refractivity contribution in [1.29, 1.82) is 0 Å². The predicted octanol–water partition coefficient (Wildman–Crippen LogP) is 6.12. The van der Waals surface area contributed by atoms with Gasteiger partial charge in [0.2, 0.25) is 6.29 Å². The molecule has 0 aliphatic heterocycles. The van der Waals surface area contributed by atoms with Crippen molar-refractivity contribution in [3.05, 3.63) is 29.8 Å². The van der Waals surface area contributed by atoms with Crippen LogP contribution in [0.5, 0.6) is 5.75 Å². The predicted molar refractivity (Wildman–Crippen MR) is 99.0 cm³/mol. The summed E-state index contributed by atoms with van der Waals surface area (Å²) in [4.78, 5) is 34.5. The zero-order valence-electron chi connectivity index (χ0n) is 19.4. The fourth-order valence-electron chi connectivity index (χ4n) is 2.45. The summed E-state index contributed by atoms with van der Waals surface area (Å²) in [5, 5.41) is 0. The Hall–Kier alpha value is -3.35. The van der Waals surface area contributed by atoms with E-state index in [9.17, 15) is 75.8 Å². The number of ether oxygens (including phenoxy) is 3. The van der Waals surface area contributed by atoms with Gasteiger partial charge in [-0.1, -0.05) is 0 Å². The molecule has 0 saturated carbocycles. The summed E-state index contributed by atoms with van der Waals surface area (Å²) in [6.07, 6.45) is -18.8. The molecule has 0 aliphatic carbocycles. The topological polar surface area (TPSA) is 78.9 Å². The summed E-state index contributed by atoms with van der Waals surface area (Å²) in [6.45, 7) is 1.33. The van der Waals surface area contributed by atoms with Gasteiger partial charge in [0.05, 0.1) is 0 Å². The highest BCUT2D eigenvalue weighted by molar-refractivity contribution is 5.96. The lowest BCUT2D eigenvalue weighted by Gasteiger charge is -2.27. The van der Waals surface area contributed by atoms with Crippen LogP contribution in [0.4, 0.5) is 61.5 Å². The molecule has 2 atom stereocenters. The molecule has 40 heavy (non-hydrogen) atoms. The van der Waals surface area contributed by atoms with Crippen LogP contribution in [0, 0.1) is 0 Å². The van der Waals surface area contributed by atoms with Crippen LogP contribution in [0.2, 0.25) is 0 Å². The first-order chi connectivity index (χ1) is 17.7. The number of hydrogen-bond donors (Lipinski definition) is 0. The van der Waals surface area contributed by atoms with Gasteiger partial charge in [0.15, 0.2) is 5.78 Å². The molecule has 1 rings (SSSR count). The van der Waals surface area contributed by atoms with Gasteiger partial charge in [-0.25, -0.2) is 9.59 Å². The zero-order chi connectivity index (χ0) is 31.7. The van der Waals surface area contributed by atoms with Crippen molar-refractivity contribution >= 4 is 17.7 Å². The lowest BCUT2D eigenvalue weighted by Crippen LogP contribution is -2.57. The maximum atomic E-state index is 13.3. The van der Waals surface area contributed by atoms with Crippen LogP contribution in [0.3, 0.4) is 0 Å². The van der Waals surface area contributed by atoms with Crippen LogP contribution in [0.15, 0.2) is 24.3 Å². The molecule has 1 aromatic carbocycles. The molecule has 0 radical (unpaired) electrons. The number of esters is 2. The molecule has 0 bridgehead atoms. The maximum Gasteiger partial charge on any atom is 0.460 e. The third-order valence-electron chi connectivity index (χ3n) is 4.55. The van der Waals surface area contributed by atoms with Crippen LogP contribution in [-0.2, 0) is 19.1 Å². The Morgan fingerprint density at radius 2 is 1.02 bits per heavy atom. The lowest BCUT2D eigenvalue weighted by molar-refractivity contribution is -0.350. The molecule has 0 N–H and O–H groups in total. The van der Waals surface area contributed by atoms with Crippen LogP contribution in [0.1, 0.15) is 30.6 Å². The van der Waals surface area contributed by atoms with Gasteiger partial charge in [-0.15, -0.1) is 0 Å². The van der Waals surface area contributed by atoms with Gasteiger partial charge in [0, 0.05) is 18.9 Å². The highest BCUT2D eigenvalue weighted by Gasteiger charge is 2.78. The zero-order valence-corrected chi connectivity index (χ0v) is 19.4. The molecule has 1 aromatic rings. The standard InChI is InChI=1S/C20H14F14O6/c1-8(38-13(36)15(21,22)17(25,26)19(29,30)31)7-12(35)10-3-5-11(6-4-10)39-9(2)40-14(37)16(23,24)18(27,28)20(32,33)34/h3-6,8-9H,7H2,1-2H3. The molecule has 0 saturated heterocycles. The first kappa shape index (κ1) is 34.7. The number of halogens is 14. The van der Waals surface area contributed by atoms with Crippen LogP contribution < -0.4 is 4.74 Å². The molecule has 228 valence electrons. The van der Waals surface area contributed by atoms with E-state index < -0.39 is 78.3 Å². The summed E-state index contributed by atoms with van der Waals surface area (Å²) >= 11 is 0. The van der Waals surface area contributed by atoms with Gasteiger partial charge < -0.3 is 14.2 Å². The molecule has 0 amide bonds. The van der Waals surface area contributed by atoms with Gasteiger partial charge in [-0.2, -0.15) is 61.5 Å². The van der Waals surface area contributed by atoms with E-state index in [2.05, 4.69) is 9.47 Å². The summed E-state index contributed by atoms with van der Waals surface area (Å²) in [6, 6.07) is 3.29. The van der Waals surface area contributed by atoms with Gasteiger partial charge in [-0.05, 0) is 31.2 Å². The number of alkyl halides is 14. The van der Waals surface area contributed by atoms with E-state index >= 15 is 0 Å². The Morgan fingerprint density at radius 1 is 0.650 bits per heavy atom. The molecule has 20 heteroatoms. The quantitative estimate of drug-likeness (QED) is 0.129. The van der Waals surface area contributed by atoms with E-state index in [0.717, 1.165) is 24.3 Å². The Balaban J connectivity index is 2.80. The maximum absolute atomic E-state index is 13.3. The second-order valence-electron chi connectivity index (χ2n) is 7.75. The number of carbonyl (C=O) groups is 3. The molecule has 0 fully saturated rings. The second kappa shape index (κ2) is 11.3. The van der Waals surface area contributed by atoms with Crippen LogP contribution in [-0.4, -0.2) is 66.2 Å². The monoisotopic (exact) mass is 616 g/mol. The van der Waals surface area contributed by atoms with E-state index in [1.165, 1.54) is 0 Å². The highest BCUT2D eigenvalue weighted by Crippen LogP contribution is 2.48. The van der Waals surface area contributed by atoms with Crippen molar-refractivity contribution in [3.63, 3.8) is 0 Å². The number of benzene rings is 1. The second-order valence-corrected chi connectivity index (χ2v) is 7.75. The number of carbonyl (C=O) groups excluding carboxylic acids is 3. The van der Waals surface area contributed by atoms with Crippen LogP contribution in [0.25, 0.3) is 0 Å². The highest BCUT2D eigenvalue weighted by atomic mass is 19.4. The Bertz CT molecular complexity index is 1080. The minimum absolute atomic E-state index is 0.372. The number of Topliss-reactive ketones (excluding diaryl/α,β-unsaturated/α-hetero) is 1. The van der Waals surface area contributed by atoms with E-state index in [0.29, 0.717) is 13.8 Å². The first-order valence-corrected chi connectivity index (χ1v) is 10.1. The normalized spacial score (nSPS) is 15.2. The first-order valence-electron chi connectivity index (χ1n) is 10.1. The molecule has 6 nitrogen and oxygen atoms in total. The van der Waals surface area contributed by atoms with Gasteiger partial charge >= 0.3 is 48.0 Å². The van der Waals surface area contributed by atoms with Crippen molar-refractivity contribution in [2.24, 2.45) is 0 Å². The molecule has 0 aromatic heterocycles. The minimum Gasteiger partial charge on any atom is -0.458 e. The van der Waals surface area contributed by atoms with E-state index in [1.54, 1.807) is 0 Å². The minimum atomic E-state index is -6.82. The van der Waals surface area contributed by atoms with Gasteiger partial charge in [0.1, 0.15) is 11.9 Å². The smallest absolute Gasteiger partial charge is 0.458 e. The van der Waals surface area contributed by atoms with Crippen molar-refractivity contribution in [1.82, 2.24) is 0 Å². The molecular weight excluding hydrogens is 602 g/mol. The molecule has 2 unspecified atom stereocenters. The van der Waals surface area contributed by atoms with Crippen molar-refractivity contribution in [2.75, 3.05) is 0 Å². The molecule has 0 heterocycles.